The van der Waals surface area contributed by atoms with Gasteiger partial charge in [0.2, 0.25) is 0 Å². The summed E-state index contributed by atoms with van der Waals surface area (Å²) < 4.78 is 6.18. The molecule has 0 aromatic heterocycles. The molecule has 4 heteroatoms. The van der Waals surface area contributed by atoms with E-state index in [0.29, 0.717) is 12.2 Å². The van der Waals surface area contributed by atoms with Gasteiger partial charge in [0.25, 0.3) is 0 Å². The Morgan fingerprint density at radius 3 is 2.45 bits per heavy atom. The van der Waals surface area contributed by atoms with Crippen LogP contribution >= 0.6 is 0 Å². The summed E-state index contributed by atoms with van der Waals surface area (Å²) in [6.45, 7) is 10.6. The zero-order chi connectivity index (χ0) is 13.8. The highest BCUT2D eigenvalue weighted by molar-refractivity contribution is 4.88. The third-order valence-corrected chi connectivity index (χ3v) is 4.93. The molecule has 0 radical (unpaired) electrons. The predicted molar refractivity (Wildman–Crippen MR) is 82.1 cm³/mol. The van der Waals surface area contributed by atoms with Crippen molar-refractivity contribution < 1.29 is 4.74 Å². The van der Waals surface area contributed by atoms with E-state index in [0.717, 1.165) is 25.7 Å². The summed E-state index contributed by atoms with van der Waals surface area (Å²) in [5, 5.41) is 3.48. The largest absolute Gasteiger partial charge is 0.372 e. The van der Waals surface area contributed by atoms with Gasteiger partial charge in [-0.3, -0.25) is 9.80 Å². The molecular weight excluding hydrogens is 250 g/mol. The molecule has 2 aliphatic heterocycles. The average Bonchev–Trinajstić information content (AvgIpc) is 3.22. The molecule has 3 fully saturated rings. The van der Waals surface area contributed by atoms with Gasteiger partial charge in [0.05, 0.1) is 12.2 Å². The number of nitrogens with zero attached hydrogens (tertiary/aromatic N) is 2. The maximum Gasteiger partial charge on any atom is 0.0707 e. The number of piperazine rings is 1. The van der Waals surface area contributed by atoms with E-state index in [2.05, 4.69) is 22.0 Å². The Hall–Kier alpha value is -0.160. The Kier molecular flexibility index (Phi) is 5.32. The monoisotopic (exact) mass is 281 g/mol. The molecule has 0 aromatic carbocycles. The number of ether oxygens (including phenoxy) is 1. The quantitative estimate of drug-likeness (QED) is 0.712. The van der Waals surface area contributed by atoms with Crippen molar-refractivity contribution in [3.8, 4) is 0 Å². The highest BCUT2D eigenvalue weighted by atomic mass is 16.5. The van der Waals surface area contributed by atoms with Crippen LogP contribution in [0.2, 0.25) is 0 Å². The summed E-state index contributed by atoms with van der Waals surface area (Å²) in [5.41, 5.74) is 0. The van der Waals surface area contributed by atoms with Crippen LogP contribution in [0.25, 0.3) is 0 Å². The summed E-state index contributed by atoms with van der Waals surface area (Å²) in [7, 11) is 0. The molecule has 3 aliphatic rings. The summed E-state index contributed by atoms with van der Waals surface area (Å²) in [6.07, 6.45) is 7.53. The van der Waals surface area contributed by atoms with Crippen molar-refractivity contribution in [2.24, 2.45) is 0 Å². The van der Waals surface area contributed by atoms with Gasteiger partial charge in [-0.05, 0) is 38.6 Å². The van der Waals surface area contributed by atoms with E-state index >= 15 is 0 Å². The maximum absolute atomic E-state index is 6.18. The fourth-order valence-electron chi connectivity index (χ4n) is 3.54. The Balaban J connectivity index is 1.31. The third kappa shape index (κ3) is 4.17. The van der Waals surface area contributed by atoms with E-state index < -0.39 is 0 Å². The molecule has 20 heavy (non-hydrogen) atoms. The van der Waals surface area contributed by atoms with Gasteiger partial charge in [-0.25, -0.2) is 0 Å². The molecule has 3 rings (SSSR count). The lowest BCUT2D eigenvalue weighted by Gasteiger charge is -2.35. The minimum atomic E-state index is 0.458. The molecule has 1 aliphatic carbocycles. The highest BCUT2D eigenvalue weighted by Gasteiger charge is 2.32. The molecule has 0 aromatic rings. The lowest BCUT2D eigenvalue weighted by Crippen LogP contribution is -2.49. The van der Waals surface area contributed by atoms with Gasteiger partial charge in [0.15, 0.2) is 0 Å². The Labute approximate surface area is 123 Å². The van der Waals surface area contributed by atoms with E-state index in [9.17, 15) is 0 Å². The van der Waals surface area contributed by atoms with Crippen LogP contribution in [0.5, 0.6) is 0 Å². The normalized spacial score (nSPS) is 32.9. The van der Waals surface area contributed by atoms with Crippen LogP contribution in [0.4, 0.5) is 0 Å². The van der Waals surface area contributed by atoms with Crippen LogP contribution in [0.15, 0.2) is 0 Å². The maximum atomic E-state index is 6.18. The van der Waals surface area contributed by atoms with E-state index in [1.165, 1.54) is 58.3 Å². The second-order valence-electron chi connectivity index (χ2n) is 6.73. The Morgan fingerprint density at radius 1 is 1.00 bits per heavy atom. The minimum absolute atomic E-state index is 0.458. The summed E-state index contributed by atoms with van der Waals surface area (Å²) in [5.74, 6) is 0. The number of nitrogens with one attached hydrogen (secondary N) is 1. The number of hydrogen-bond donors (Lipinski definition) is 1. The van der Waals surface area contributed by atoms with Crippen molar-refractivity contribution in [1.82, 2.24) is 15.1 Å². The van der Waals surface area contributed by atoms with Gasteiger partial charge in [-0.15, -0.1) is 0 Å². The van der Waals surface area contributed by atoms with E-state index in [1.54, 1.807) is 0 Å². The first-order chi connectivity index (χ1) is 9.85. The molecule has 0 spiro atoms. The lowest BCUT2D eigenvalue weighted by molar-refractivity contribution is 0.0121. The van der Waals surface area contributed by atoms with Crippen molar-refractivity contribution in [3.63, 3.8) is 0 Å². The van der Waals surface area contributed by atoms with E-state index in [1.807, 2.05) is 0 Å². The van der Waals surface area contributed by atoms with Crippen LogP contribution in [-0.2, 0) is 4.74 Å². The van der Waals surface area contributed by atoms with E-state index in [-0.39, 0.29) is 0 Å². The summed E-state index contributed by atoms with van der Waals surface area (Å²) in [4.78, 5) is 5.30. The second-order valence-corrected chi connectivity index (χ2v) is 6.73. The smallest absolute Gasteiger partial charge is 0.0707 e. The lowest BCUT2D eigenvalue weighted by atomic mass is 10.1. The Bertz CT molecular complexity index is 287. The molecule has 0 amide bonds. The molecular formula is C16H31N3O. The van der Waals surface area contributed by atoms with Crippen molar-refractivity contribution in [1.29, 1.82) is 0 Å². The van der Waals surface area contributed by atoms with Gasteiger partial charge in [-0.2, -0.15) is 0 Å². The van der Waals surface area contributed by atoms with Gasteiger partial charge in [0, 0.05) is 45.3 Å². The molecule has 2 saturated heterocycles. The van der Waals surface area contributed by atoms with Crippen molar-refractivity contribution in [2.75, 3.05) is 45.8 Å². The first-order valence-corrected chi connectivity index (χ1v) is 8.67. The predicted octanol–water partition coefficient (Wildman–Crippen LogP) is 1.31. The molecule has 2 heterocycles. The third-order valence-electron chi connectivity index (χ3n) is 4.93. The zero-order valence-corrected chi connectivity index (χ0v) is 13.0. The van der Waals surface area contributed by atoms with Crippen LogP contribution in [0.1, 0.15) is 39.0 Å². The first-order valence-electron chi connectivity index (χ1n) is 8.67. The van der Waals surface area contributed by atoms with Crippen molar-refractivity contribution in [2.45, 2.75) is 57.3 Å². The van der Waals surface area contributed by atoms with Crippen molar-refractivity contribution in [3.05, 3.63) is 0 Å². The van der Waals surface area contributed by atoms with Gasteiger partial charge in [0.1, 0.15) is 0 Å². The SMILES string of the molecule is CCCNCC1CCC(CN2CCN(C3CC3)CC2)O1. The number of hydrogen-bond acceptors (Lipinski definition) is 4. The van der Waals surface area contributed by atoms with E-state index in [4.69, 9.17) is 4.74 Å². The first kappa shape index (κ1) is 14.8. The summed E-state index contributed by atoms with van der Waals surface area (Å²) >= 11 is 0. The molecule has 2 unspecified atom stereocenters. The van der Waals surface area contributed by atoms with Gasteiger partial charge >= 0.3 is 0 Å². The highest BCUT2D eigenvalue weighted by Crippen LogP contribution is 2.28. The molecule has 2 atom stereocenters. The molecule has 1 saturated carbocycles. The fourth-order valence-corrected chi connectivity index (χ4v) is 3.54. The molecule has 116 valence electrons. The van der Waals surface area contributed by atoms with Gasteiger partial charge in [-0.1, -0.05) is 6.92 Å². The standard InChI is InChI=1S/C16H31N3O/c1-2-7-17-12-15-5-6-16(20-15)13-18-8-10-19(11-9-18)14-3-4-14/h14-17H,2-13H2,1H3. The topological polar surface area (TPSA) is 27.7 Å². The summed E-state index contributed by atoms with van der Waals surface area (Å²) in [6, 6.07) is 0.939. The van der Waals surface area contributed by atoms with Crippen molar-refractivity contribution >= 4 is 0 Å². The number of rotatable bonds is 7. The molecule has 4 nitrogen and oxygen atoms in total. The van der Waals surface area contributed by atoms with Crippen LogP contribution in [0.3, 0.4) is 0 Å². The second kappa shape index (κ2) is 7.21. The van der Waals surface area contributed by atoms with Crippen LogP contribution in [-0.4, -0.2) is 73.9 Å². The Morgan fingerprint density at radius 2 is 1.75 bits per heavy atom. The fraction of sp³-hybridized carbons (Fsp3) is 1.00. The molecule has 1 N–H and O–H groups in total. The molecule has 0 bridgehead atoms. The zero-order valence-electron chi connectivity index (χ0n) is 13.0. The van der Waals surface area contributed by atoms with Crippen LogP contribution < -0.4 is 5.32 Å². The minimum Gasteiger partial charge on any atom is -0.372 e. The van der Waals surface area contributed by atoms with Crippen LogP contribution in [0, 0.1) is 0 Å². The van der Waals surface area contributed by atoms with Gasteiger partial charge < -0.3 is 10.1 Å². The average molecular weight is 281 g/mol.